The van der Waals surface area contributed by atoms with Gasteiger partial charge in [-0.1, -0.05) is 63.7 Å². The summed E-state index contributed by atoms with van der Waals surface area (Å²) < 4.78 is 23.8. The Bertz CT molecular complexity index is 99.0. The van der Waals surface area contributed by atoms with Crippen LogP contribution in [0.3, 0.4) is 0 Å². The van der Waals surface area contributed by atoms with E-state index in [0.717, 1.165) is 0 Å². The number of rotatable bonds is 1. The Morgan fingerprint density at radius 1 is 1.00 bits per heavy atom. The van der Waals surface area contributed by atoms with Crippen LogP contribution in [0.25, 0.3) is 0 Å². The minimum atomic E-state index is -2.97. The van der Waals surface area contributed by atoms with E-state index in [1.807, 2.05) is 0 Å². The fourth-order valence-corrected chi connectivity index (χ4v) is 2.31. The average molecular weight is 475 g/mol. The lowest BCUT2D eigenvalue weighted by molar-refractivity contribution is 0.117. The van der Waals surface area contributed by atoms with Crippen molar-refractivity contribution in [3.8, 4) is 0 Å². The summed E-state index contributed by atoms with van der Waals surface area (Å²) in [5.74, 6) is 0. The fraction of sp³-hybridized carbons (Fsp3) is 1.00. The third-order valence-corrected chi connectivity index (χ3v) is 6.13. The maximum atomic E-state index is 12.4. The van der Waals surface area contributed by atoms with E-state index < -0.39 is 11.8 Å². The molecule has 1 unspecified atom stereocenters. The highest BCUT2D eigenvalue weighted by atomic mass is 80.0. The molecule has 0 fully saturated rings. The van der Waals surface area contributed by atoms with Gasteiger partial charge in [-0.3, -0.25) is 0 Å². The monoisotopic (exact) mass is 470 g/mol. The molecule has 0 radical (unpaired) electrons. The van der Waals surface area contributed by atoms with Crippen LogP contribution in [0, 0.1) is 0 Å². The third-order valence-electron chi connectivity index (χ3n) is 0.575. The van der Waals surface area contributed by atoms with Crippen LogP contribution in [0.15, 0.2) is 0 Å². The van der Waals surface area contributed by atoms with Gasteiger partial charge in [-0.05, 0) is 15.9 Å². The number of halogens is 7. The molecule has 0 heterocycles. The van der Waals surface area contributed by atoms with Crippen LogP contribution in [0.1, 0.15) is 0 Å². The van der Waals surface area contributed by atoms with Gasteiger partial charge in [0.1, 0.15) is 4.83 Å². The molecule has 0 aromatic rings. The van der Waals surface area contributed by atoms with Crippen molar-refractivity contribution in [1.82, 2.24) is 0 Å². The van der Waals surface area contributed by atoms with Gasteiger partial charge in [0.2, 0.25) is 0 Å². The lowest BCUT2D eigenvalue weighted by Crippen LogP contribution is -2.32. The molecule has 0 amide bonds. The van der Waals surface area contributed by atoms with E-state index in [1.54, 1.807) is 0 Å². The Labute approximate surface area is 99.1 Å². The van der Waals surface area contributed by atoms with Gasteiger partial charge in [0.15, 0.2) is 2.14 Å². The van der Waals surface area contributed by atoms with Gasteiger partial charge in [0, 0.05) is 0 Å². The molecule has 7 heteroatoms. The molecule has 0 saturated heterocycles. The van der Waals surface area contributed by atoms with Crippen LogP contribution >= 0.6 is 79.6 Å². The highest BCUT2D eigenvalue weighted by Gasteiger charge is 2.46. The topological polar surface area (TPSA) is 0 Å². The van der Waals surface area contributed by atoms with Gasteiger partial charge in [0.25, 0.3) is 0 Å². The largest absolute Gasteiger partial charge is 0.316 e. The number of hydrogen-bond donors (Lipinski definition) is 0. The minimum Gasteiger partial charge on any atom is -0.192 e. The van der Waals surface area contributed by atoms with E-state index in [1.165, 1.54) is 0 Å². The molecular weight excluding hydrogens is 474 g/mol. The summed E-state index contributed by atoms with van der Waals surface area (Å²) in [6, 6.07) is 0. The van der Waals surface area contributed by atoms with Crippen molar-refractivity contribution < 1.29 is 8.78 Å². The first-order valence-electron chi connectivity index (χ1n) is 1.93. The van der Waals surface area contributed by atoms with E-state index >= 15 is 0 Å². The summed E-state index contributed by atoms with van der Waals surface area (Å²) in [7, 11) is 0. The van der Waals surface area contributed by atoms with Crippen molar-refractivity contribution in [3.05, 3.63) is 0 Å². The summed E-state index contributed by atoms with van der Waals surface area (Å²) >= 11 is 13.9. The van der Waals surface area contributed by atoms with Crippen LogP contribution < -0.4 is 0 Å². The van der Waals surface area contributed by atoms with Crippen molar-refractivity contribution in [3.63, 3.8) is 0 Å². The number of alkyl halides is 7. The van der Waals surface area contributed by atoms with Crippen LogP contribution in [-0.2, 0) is 0 Å². The lowest BCUT2D eigenvalue weighted by Gasteiger charge is -2.23. The zero-order chi connectivity index (χ0) is 8.58. The van der Waals surface area contributed by atoms with Gasteiger partial charge >= 0.3 is 4.83 Å². The first-order chi connectivity index (χ1) is 4.15. The molecule has 0 nitrogen and oxygen atoms in total. The molecule has 0 spiro atoms. The summed E-state index contributed by atoms with van der Waals surface area (Å²) in [4.78, 5) is -4.06. The molecule has 0 aliphatic carbocycles. The average Bonchev–Trinajstić information content (AvgIpc) is 1.59. The fourth-order valence-electron chi connectivity index (χ4n) is 0.186. The number of hydrogen-bond acceptors (Lipinski definition) is 0. The van der Waals surface area contributed by atoms with Gasteiger partial charge in [-0.25, -0.2) is 0 Å². The van der Waals surface area contributed by atoms with Crippen molar-refractivity contribution in [2.45, 2.75) is 11.8 Å². The second kappa shape index (κ2) is 3.98. The van der Waals surface area contributed by atoms with E-state index in [-0.39, 0.29) is 0 Å². The SMILES string of the molecule is FC(F)(Br)C(Br)C(Br)(Br)Br. The second-order valence-electron chi connectivity index (χ2n) is 1.45. The molecule has 0 aliphatic rings. The van der Waals surface area contributed by atoms with E-state index in [9.17, 15) is 8.78 Å². The van der Waals surface area contributed by atoms with Gasteiger partial charge in [-0.2, -0.15) is 8.78 Å². The second-order valence-corrected chi connectivity index (χ2v) is 10.4. The standard InChI is InChI=1S/C3HBr5F2/c4-1(2(5,6)7)3(8,9)10/h1H. The van der Waals surface area contributed by atoms with Crippen LogP contribution in [0.4, 0.5) is 8.78 Å². The zero-order valence-electron chi connectivity index (χ0n) is 4.22. The quantitative estimate of drug-likeness (QED) is 0.489. The Morgan fingerprint density at radius 3 is 1.30 bits per heavy atom. The minimum absolute atomic E-state index is 1.00. The molecule has 10 heavy (non-hydrogen) atoms. The molecule has 1 atom stereocenters. The predicted molar refractivity (Wildman–Crippen MR) is 56.1 cm³/mol. The van der Waals surface area contributed by atoms with Crippen molar-refractivity contribution in [2.75, 3.05) is 0 Å². The first-order valence-corrected chi connectivity index (χ1v) is 6.02. The van der Waals surface area contributed by atoms with Crippen molar-refractivity contribution >= 4 is 79.6 Å². The Kier molecular flexibility index (Phi) is 4.88. The summed E-state index contributed by atoms with van der Waals surface area (Å²) in [6.45, 7) is 0. The first kappa shape index (κ1) is 12.3. The highest BCUT2D eigenvalue weighted by Crippen LogP contribution is 2.49. The van der Waals surface area contributed by atoms with Gasteiger partial charge in [0.05, 0.1) is 0 Å². The maximum absolute atomic E-state index is 12.4. The van der Waals surface area contributed by atoms with Crippen LogP contribution in [0.5, 0.6) is 0 Å². The van der Waals surface area contributed by atoms with E-state index in [0.29, 0.717) is 0 Å². The van der Waals surface area contributed by atoms with Gasteiger partial charge < -0.3 is 0 Å². The van der Waals surface area contributed by atoms with Crippen molar-refractivity contribution in [1.29, 1.82) is 0 Å². The molecule has 0 rings (SSSR count). The molecular formula is C3HBr5F2. The summed E-state index contributed by atoms with van der Waals surface area (Å²) in [5, 5.41) is 0. The van der Waals surface area contributed by atoms with Gasteiger partial charge in [-0.15, -0.1) is 0 Å². The molecule has 0 aromatic heterocycles. The lowest BCUT2D eigenvalue weighted by atomic mass is 10.5. The molecule has 0 N–H and O–H groups in total. The summed E-state index contributed by atoms with van der Waals surface area (Å²) in [6.07, 6.45) is 0. The summed E-state index contributed by atoms with van der Waals surface area (Å²) in [5.41, 5.74) is 0. The van der Waals surface area contributed by atoms with Crippen molar-refractivity contribution in [2.24, 2.45) is 0 Å². The van der Waals surface area contributed by atoms with E-state index in [4.69, 9.17) is 0 Å². The predicted octanol–water partition coefficient (Wildman–Crippen LogP) is 4.58. The van der Waals surface area contributed by atoms with Crippen LogP contribution in [0.2, 0.25) is 0 Å². The molecule has 0 aromatic carbocycles. The van der Waals surface area contributed by atoms with Crippen LogP contribution in [-0.4, -0.2) is 11.8 Å². The molecule has 0 bridgehead atoms. The Morgan fingerprint density at radius 2 is 1.30 bits per heavy atom. The zero-order valence-corrected chi connectivity index (χ0v) is 12.2. The molecule has 62 valence electrons. The third kappa shape index (κ3) is 4.33. The molecule has 0 saturated carbocycles. The Balaban J connectivity index is 4.23. The van der Waals surface area contributed by atoms with E-state index in [2.05, 4.69) is 79.6 Å². The molecule has 0 aliphatic heterocycles. The smallest absolute Gasteiger partial charge is 0.192 e. The maximum Gasteiger partial charge on any atom is 0.316 e. The normalized spacial score (nSPS) is 17.1. The Hall–Kier alpha value is 2.26. The highest BCUT2D eigenvalue weighted by molar-refractivity contribution is 9.40.